The number of guanidine groups is 1. The van der Waals surface area contributed by atoms with Crippen molar-refractivity contribution < 1.29 is 8.42 Å². The smallest absolute Gasteiger partial charge is 0.238 e. The Hall–Kier alpha value is -2.38. The molecule has 26 heavy (non-hydrogen) atoms. The van der Waals surface area contributed by atoms with E-state index in [1.54, 1.807) is 19.2 Å². The third-order valence-corrected chi connectivity index (χ3v) is 5.60. The van der Waals surface area contributed by atoms with E-state index in [1.165, 1.54) is 17.7 Å². The SMILES string of the molecule is CN=C(NCc1ccc(S(N)(=O)=O)cc1)N1CCC(c2ccccc2)C1. The molecule has 7 heteroatoms. The Balaban J connectivity index is 1.59. The summed E-state index contributed by atoms with van der Waals surface area (Å²) in [5.74, 6) is 1.38. The van der Waals surface area contributed by atoms with Gasteiger partial charge in [0.15, 0.2) is 5.96 Å². The van der Waals surface area contributed by atoms with Gasteiger partial charge in [0, 0.05) is 32.6 Å². The summed E-state index contributed by atoms with van der Waals surface area (Å²) in [5.41, 5.74) is 2.33. The highest BCUT2D eigenvalue weighted by atomic mass is 32.2. The normalized spacial score (nSPS) is 18.2. The summed E-state index contributed by atoms with van der Waals surface area (Å²) in [4.78, 5) is 6.77. The summed E-state index contributed by atoms with van der Waals surface area (Å²) in [5, 5.41) is 8.48. The molecule has 1 aliphatic rings. The first-order valence-electron chi connectivity index (χ1n) is 8.59. The largest absolute Gasteiger partial charge is 0.352 e. The molecule has 6 nitrogen and oxygen atoms in total. The van der Waals surface area contributed by atoms with Gasteiger partial charge in [0.2, 0.25) is 10.0 Å². The van der Waals surface area contributed by atoms with Crippen molar-refractivity contribution in [1.82, 2.24) is 10.2 Å². The molecule has 0 bridgehead atoms. The molecule has 1 fully saturated rings. The first kappa shape index (κ1) is 18.4. The highest BCUT2D eigenvalue weighted by molar-refractivity contribution is 7.89. The van der Waals surface area contributed by atoms with Gasteiger partial charge in [0.05, 0.1) is 4.90 Å². The molecule has 1 saturated heterocycles. The first-order chi connectivity index (χ1) is 12.5. The van der Waals surface area contributed by atoms with E-state index in [0.29, 0.717) is 12.5 Å². The molecule has 0 aromatic heterocycles. The minimum Gasteiger partial charge on any atom is -0.352 e. The molecule has 138 valence electrons. The Labute approximate surface area is 154 Å². The number of hydrogen-bond acceptors (Lipinski definition) is 3. The molecule has 0 spiro atoms. The highest BCUT2D eigenvalue weighted by Crippen LogP contribution is 2.26. The van der Waals surface area contributed by atoms with Crippen LogP contribution in [-0.4, -0.2) is 39.4 Å². The third kappa shape index (κ3) is 4.42. The molecule has 0 radical (unpaired) electrons. The summed E-state index contributed by atoms with van der Waals surface area (Å²) in [6.07, 6.45) is 1.10. The Kier molecular flexibility index (Phi) is 5.58. The second-order valence-electron chi connectivity index (χ2n) is 6.43. The van der Waals surface area contributed by atoms with Crippen molar-refractivity contribution in [1.29, 1.82) is 0 Å². The van der Waals surface area contributed by atoms with Gasteiger partial charge < -0.3 is 10.2 Å². The molecule has 2 aromatic carbocycles. The van der Waals surface area contributed by atoms with E-state index < -0.39 is 10.0 Å². The van der Waals surface area contributed by atoms with Crippen molar-refractivity contribution in [2.75, 3.05) is 20.1 Å². The number of nitrogens with two attached hydrogens (primary N) is 1. The number of rotatable bonds is 4. The molecule has 2 aromatic rings. The zero-order valence-corrected chi connectivity index (χ0v) is 15.6. The molecule has 0 saturated carbocycles. The fourth-order valence-corrected chi connectivity index (χ4v) is 3.78. The van der Waals surface area contributed by atoms with Crippen LogP contribution in [0, 0.1) is 0 Å². The average molecular weight is 372 g/mol. The standard InChI is InChI=1S/C19H24N4O2S/c1-21-19(22-13-15-7-9-18(10-8-15)26(20,24)25)23-12-11-17(14-23)16-5-3-2-4-6-16/h2-10,17H,11-14H2,1H3,(H,21,22)(H2,20,24,25). The van der Waals surface area contributed by atoms with Crippen LogP contribution in [0.15, 0.2) is 64.5 Å². The minimum atomic E-state index is -3.65. The number of likely N-dealkylation sites (tertiary alicyclic amines) is 1. The van der Waals surface area contributed by atoms with E-state index in [2.05, 4.69) is 39.5 Å². The Morgan fingerprint density at radius 3 is 2.50 bits per heavy atom. The Morgan fingerprint density at radius 2 is 1.88 bits per heavy atom. The number of nitrogens with one attached hydrogen (secondary N) is 1. The fraction of sp³-hybridized carbons (Fsp3) is 0.316. The molecular weight excluding hydrogens is 348 g/mol. The predicted molar refractivity (Wildman–Crippen MR) is 103 cm³/mol. The number of benzene rings is 2. The predicted octanol–water partition coefficient (Wildman–Crippen LogP) is 1.90. The maximum atomic E-state index is 11.3. The van der Waals surface area contributed by atoms with Gasteiger partial charge in [-0.1, -0.05) is 42.5 Å². The third-order valence-electron chi connectivity index (χ3n) is 4.67. The lowest BCUT2D eigenvalue weighted by Crippen LogP contribution is -2.39. The van der Waals surface area contributed by atoms with Crippen molar-refractivity contribution in [3.8, 4) is 0 Å². The van der Waals surface area contributed by atoms with Crippen LogP contribution in [0.25, 0.3) is 0 Å². The van der Waals surface area contributed by atoms with Crippen molar-refractivity contribution in [3.63, 3.8) is 0 Å². The van der Waals surface area contributed by atoms with Crippen molar-refractivity contribution in [2.24, 2.45) is 10.1 Å². The van der Waals surface area contributed by atoms with Crippen molar-refractivity contribution in [3.05, 3.63) is 65.7 Å². The van der Waals surface area contributed by atoms with Crippen LogP contribution in [0.1, 0.15) is 23.5 Å². The number of hydrogen-bond donors (Lipinski definition) is 2. The molecule has 3 N–H and O–H groups in total. The van der Waals surface area contributed by atoms with Gasteiger partial charge in [0.1, 0.15) is 0 Å². The molecule has 1 atom stereocenters. The van der Waals surface area contributed by atoms with E-state index >= 15 is 0 Å². The van der Waals surface area contributed by atoms with Crippen LogP contribution in [-0.2, 0) is 16.6 Å². The van der Waals surface area contributed by atoms with E-state index in [4.69, 9.17) is 5.14 Å². The van der Waals surface area contributed by atoms with Gasteiger partial charge in [-0.15, -0.1) is 0 Å². The van der Waals surface area contributed by atoms with Crippen LogP contribution in [0.3, 0.4) is 0 Å². The van der Waals surface area contributed by atoms with Gasteiger partial charge in [-0.05, 0) is 29.7 Å². The van der Waals surface area contributed by atoms with Crippen molar-refractivity contribution >= 4 is 16.0 Å². The number of sulfonamides is 1. The second kappa shape index (κ2) is 7.88. The zero-order chi connectivity index (χ0) is 18.6. The van der Waals surface area contributed by atoms with E-state index in [-0.39, 0.29) is 4.90 Å². The van der Waals surface area contributed by atoms with Crippen LogP contribution in [0.5, 0.6) is 0 Å². The van der Waals surface area contributed by atoms with Gasteiger partial charge in [0.25, 0.3) is 0 Å². The van der Waals surface area contributed by atoms with Crippen LogP contribution in [0.4, 0.5) is 0 Å². The fourth-order valence-electron chi connectivity index (χ4n) is 3.26. The first-order valence-corrected chi connectivity index (χ1v) is 10.1. The lowest BCUT2D eigenvalue weighted by Gasteiger charge is -2.22. The summed E-state index contributed by atoms with van der Waals surface area (Å²) in [6, 6.07) is 17.1. The lowest BCUT2D eigenvalue weighted by molar-refractivity contribution is 0.486. The number of aliphatic imine (C=N–C) groups is 1. The summed E-state index contributed by atoms with van der Waals surface area (Å²) >= 11 is 0. The van der Waals surface area contributed by atoms with Crippen LogP contribution in [0.2, 0.25) is 0 Å². The second-order valence-corrected chi connectivity index (χ2v) is 7.99. The molecule has 0 aliphatic carbocycles. The van der Waals surface area contributed by atoms with Crippen LogP contribution >= 0.6 is 0 Å². The number of primary sulfonamides is 1. The van der Waals surface area contributed by atoms with Crippen LogP contribution < -0.4 is 10.5 Å². The molecule has 1 unspecified atom stereocenters. The van der Waals surface area contributed by atoms with E-state index in [0.717, 1.165) is 31.0 Å². The summed E-state index contributed by atoms with van der Waals surface area (Å²) < 4.78 is 22.6. The monoisotopic (exact) mass is 372 g/mol. The Morgan fingerprint density at radius 1 is 1.19 bits per heavy atom. The highest BCUT2D eigenvalue weighted by Gasteiger charge is 2.25. The summed E-state index contributed by atoms with van der Waals surface area (Å²) in [7, 11) is -1.87. The molecule has 1 aliphatic heterocycles. The molecule has 0 amide bonds. The topological polar surface area (TPSA) is 87.8 Å². The van der Waals surface area contributed by atoms with Crippen molar-refractivity contribution in [2.45, 2.75) is 23.8 Å². The molecule has 3 rings (SSSR count). The maximum absolute atomic E-state index is 11.3. The lowest BCUT2D eigenvalue weighted by atomic mass is 9.99. The van der Waals surface area contributed by atoms with Gasteiger partial charge in [-0.3, -0.25) is 4.99 Å². The van der Waals surface area contributed by atoms with Gasteiger partial charge in [-0.25, -0.2) is 13.6 Å². The zero-order valence-electron chi connectivity index (χ0n) is 14.8. The molecular formula is C19H24N4O2S. The van der Waals surface area contributed by atoms with Gasteiger partial charge in [-0.2, -0.15) is 0 Å². The molecule has 1 heterocycles. The quantitative estimate of drug-likeness (QED) is 0.634. The maximum Gasteiger partial charge on any atom is 0.238 e. The summed E-state index contributed by atoms with van der Waals surface area (Å²) in [6.45, 7) is 2.47. The van der Waals surface area contributed by atoms with Gasteiger partial charge >= 0.3 is 0 Å². The average Bonchev–Trinajstić information content (AvgIpc) is 3.13. The Bertz CT molecular complexity index is 864. The number of nitrogens with zero attached hydrogens (tertiary/aromatic N) is 2. The van der Waals surface area contributed by atoms with E-state index in [9.17, 15) is 8.42 Å². The van der Waals surface area contributed by atoms with E-state index in [1.807, 2.05) is 6.07 Å². The minimum absolute atomic E-state index is 0.121.